The molecule has 1 fully saturated rings. The fourth-order valence-corrected chi connectivity index (χ4v) is 4.15. The Morgan fingerprint density at radius 2 is 2.00 bits per heavy atom. The van der Waals surface area contributed by atoms with Crippen molar-refractivity contribution in [2.75, 3.05) is 29.2 Å². The van der Waals surface area contributed by atoms with Crippen LogP contribution in [0.2, 0.25) is 0 Å². The summed E-state index contributed by atoms with van der Waals surface area (Å²) in [5, 5.41) is 16.9. The molecule has 1 aliphatic heterocycles. The average molecular weight is 521 g/mol. The third-order valence-corrected chi connectivity index (χ3v) is 6.40. The minimum atomic E-state index is -1.10. The predicted molar refractivity (Wildman–Crippen MR) is 147 cm³/mol. The zero-order valence-corrected chi connectivity index (χ0v) is 22.4. The highest BCUT2D eigenvalue weighted by Gasteiger charge is 2.28. The number of nitrogens with one attached hydrogen (secondary N) is 4. The van der Waals surface area contributed by atoms with Gasteiger partial charge in [0.25, 0.3) is 0 Å². The van der Waals surface area contributed by atoms with E-state index in [0.29, 0.717) is 24.1 Å². The maximum atomic E-state index is 12.8. The zero-order valence-electron chi connectivity index (χ0n) is 22.4. The molecule has 1 saturated heterocycles. The molecule has 1 aromatic carbocycles. The molecule has 2 aromatic heterocycles. The fourth-order valence-electron chi connectivity index (χ4n) is 4.15. The van der Waals surface area contributed by atoms with Crippen molar-refractivity contribution in [3.05, 3.63) is 54.2 Å². The number of carbonyl (C=O) groups is 2. The van der Waals surface area contributed by atoms with Crippen LogP contribution < -0.4 is 21.3 Å². The smallest absolute Gasteiger partial charge is 0.249 e. The number of anilines is 3. The first-order valence-electron chi connectivity index (χ1n) is 12.8. The molecule has 0 radical (unpaired) electrons. The molecule has 0 spiro atoms. The number of amides is 2. The molecular weight excluding hydrogens is 484 g/mol. The Morgan fingerprint density at radius 1 is 1.24 bits per heavy atom. The second-order valence-electron chi connectivity index (χ2n) is 10.2. The molecule has 3 heterocycles. The van der Waals surface area contributed by atoms with Crippen LogP contribution in [0.4, 0.5) is 17.6 Å². The second-order valence-corrected chi connectivity index (χ2v) is 10.2. The molecule has 11 heteroatoms. The van der Waals surface area contributed by atoms with Crippen LogP contribution in [0.5, 0.6) is 0 Å². The summed E-state index contributed by atoms with van der Waals surface area (Å²) in [5.41, 5.74) is 2.25. The van der Waals surface area contributed by atoms with Crippen LogP contribution in [0.1, 0.15) is 57.6 Å². The van der Waals surface area contributed by atoms with Crippen molar-refractivity contribution in [1.82, 2.24) is 24.9 Å². The van der Waals surface area contributed by atoms with Crippen LogP contribution in [-0.4, -0.2) is 56.2 Å². The van der Waals surface area contributed by atoms with Crippen LogP contribution >= 0.6 is 0 Å². The molecule has 3 aromatic rings. The van der Waals surface area contributed by atoms with Gasteiger partial charge in [0, 0.05) is 37.1 Å². The van der Waals surface area contributed by atoms with Crippen molar-refractivity contribution in [2.45, 2.75) is 64.6 Å². The highest BCUT2D eigenvalue weighted by Crippen LogP contribution is 2.23. The number of benzene rings is 1. The third kappa shape index (κ3) is 6.46. The highest BCUT2D eigenvalue weighted by molar-refractivity contribution is 6.01. The van der Waals surface area contributed by atoms with Gasteiger partial charge >= 0.3 is 0 Å². The van der Waals surface area contributed by atoms with E-state index in [-0.39, 0.29) is 17.9 Å². The summed E-state index contributed by atoms with van der Waals surface area (Å²) in [6.07, 6.45) is 4.78. The van der Waals surface area contributed by atoms with Crippen LogP contribution in [0.25, 0.3) is 5.65 Å². The largest absolute Gasteiger partial charge is 0.381 e. The van der Waals surface area contributed by atoms with Gasteiger partial charge in [0.2, 0.25) is 23.7 Å². The van der Waals surface area contributed by atoms with Crippen molar-refractivity contribution >= 4 is 35.0 Å². The first kappa shape index (κ1) is 27.1. The third-order valence-electron chi connectivity index (χ3n) is 6.40. The van der Waals surface area contributed by atoms with Crippen molar-refractivity contribution in [2.24, 2.45) is 0 Å². The van der Waals surface area contributed by atoms with Gasteiger partial charge in [0.15, 0.2) is 5.65 Å². The van der Waals surface area contributed by atoms with Gasteiger partial charge in [-0.15, -0.1) is 0 Å². The van der Waals surface area contributed by atoms with Crippen LogP contribution in [-0.2, 0) is 20.9 Å². The molecule has 11 nitrogen and oxygen atoms in total. The highest BCUT2D eigenvalue weighted by atomic mass is 16.5. The van der Waals surface area contributed by atoms with E-state index in [1.54, 1.807) is 24.4 Å². The molecule has 1 aliphatic rings. The Balaban J connectivity index is 1.51. The lowest BCUT2D eigenvalue weighted by Gasteiger charge is -2.24. The number of nitrogens with zero attached hydrogens (tertiary/aromatic N) is 4. The van der Waals surface area contributed by atoms with E-state index in [0.717, 1.165) is 48.9 Å². The summed E-state index contributed by atoms with van der Waals surface area (Å²) in [6, 6.07) is 7.74. The molecule has 38 heavy (non-hydrogen) atoms. The minimum Gasteiger partial charge on any atom is -0.381 e. The van der Waals surface area contributed by atoms with E-state index in [9.17, 15) is 9.59 Å². The number of ether oxygens (including phenoxy) is 1. The Hall–Kier alpha value is -3.99. The van der Waals surface area contributed by atoms with Gasteiger partial charge < -0.3 is 26.0 Å². The zero-order chi connectivity index (χ0) is 27.3. The van der Waals surface area contributed by atoms with Gasteiger partial charge in [-0.3, -0.25) is 9.59 Å². The summed E-state index contributed by atoms with van der Waals surface area (Å²) < 4.78 is 7.20. The van der Waals surface area contributed by atoms with E-state index in [4.69, 9.17) is 14.7 Å². The molecule has 202 valence electrons. The molecular formula is C27H36N8O3. The summed E-state index contributed by atoms with van der Waals surface area (Å²) >= 11 is 0. The summed E-state index contributed by atoms with van der Waals surface area (Å²) in [5.74, 6) is 0.631. The van der Waals surface area contributed by atoms with Gasteiger partial charge in [-0.2, -0.15) is 19.6 Å². The predicted octanol–water partition coefficient (Wildman–Crippen LogP) is 3.47. The topological polar surface area (TPSA) is 135 Å². The number of hydrogen-bond donors (Lipinski definition) is 4. The maximum absolute atomic E-state index is 12.8. The van der Waals surface area contributed by atoms with Crippen molar-refractivity contribution in [3.63, 3.8) is 0 Å². The molecule has 4 N–H and O–H groups in total. The summed E-state index contributed by atoms with van der Waals surface area (Å²) in [6.45, 7) is 12.8. The van der Waals surface area contributed by atoms with Crippen LogP contribution in [0, 0.1) is 0 Å². The van der Waals surface area contributed by atoms with Gasteiger partial charge in [-0.1, -0.05) is 32.6 Å². The van der Waals surface area contributed by atoms with Crippen LogP contribution in [0.3, 0.4) is 0 Å². The maximum Gasteiger partial charge on any atom is 0.249 e. The van der Waals surface area contributed by atoms with Crippen molar-refractivity contribution < 1.29 is 14.3 Å². The van der Waals surface area contributed by atoms with E-state index in [2.05, 4.69) is 46.8 Å². The quantitative estimate of drug-likeness (QED) is 0.299. The Bertz CT molecular complexity index is 1310. The molecule has 0 saturated carbocycles. The van der Waals surface area contributed by atoms with Crippen molar-refractivity contribution in [3.8, 4) is 0 Å². The first-order valence-corrected chi connectivity index (χ1v) is 12.8. The standard InChI is InChI=1S/C27H36N8O3/c1-6-22(36)34-27(4,5)24(37)30-20-9-7-8-18(14-20)15-28-26-33-25(31-19-10-12-38-13-11-19)32-23-21(17(2)3)16-29-35(23)26/h6-9,14,16-17,19H,1,10-13,15H2,2-5H3,(H,30,37)(H,34,36)(H2,28,31,32,33). The summed E-state index contributed by atoms with van der Waals surface area (Å²) in [4.78, 5) is 33.9. The lowest BCUT2D eigenvalue weighted by atomic mass is 10.0. The number of carbonyl (C=O) groups excluding carboxylic acids is 2. The van der Waals surface area contributed by atoms with E-state index >= 15 is 0 Å². The van der Waals surface area contributed by atoms with Crippen LogP contribution in [0.15, 0.2) is 43.1 Å². The summed E-state index contributed by atoms with van der Waals surface area (Å²) in [7, 11) is 0. The van der Waals surface area contributed by atoms with Gasteiger partial charge in [0.05, 0.1) is 6.20 Å². The van der Waals surface area contributed by atoms with Gasteiger partial charge in [0.1, 0.15) is 5.54 Å². The minimum absolute atomic E-state index is 0.255. The Morgan fingerprint density at radius 3 is 2.71 bits per heavy atom. The molecule has 0 bridgehead atoms. The molecule has 0 aliphatic carbocycles. The van der Waals surface area contributed by atoms with Gasteiger partial charge in [-0.25, -0.2) is 0 Å². The second kappa shape index (κ2) is 11.6. The van der Waals surface area contributed by atoms with Gasteiger partial charge in [-0.05, 0) is 56.4 Å². The monoisotopic (exact) mass is 520 g/mol. The number of hydrogen-bond acceptors (Lipinski definition) is 8. The average Bonchev–Trinajstić information content (AvgIpc) is 3.32. The number of aromatic nitrogens is 4. The Labute approximate surface area is 222 Å². The first-order chi connectivity index (χ1) is 18.2. The molecule has 0 unspecified atom stereocenters. The molecule has 4 rings (SSSR count). The van der Waals surface area contributed by atoms with Crippen molar-refractivity contribution in [1.29, 1.82) is 0 Å². The number of fused-ring (bicyclic) bond motifs is 1. The SMILES string of the molecule is C=CC(=O)NC(C)(C)C(=O)Nc1cccc(CNc2nc(NC3CCOCC3)nc3c(C(C)C)cnn23)c1. The molecule has 2 amide bonds. The van der Waals surface area contributed by atoms with E-state index in [1.165, 1.54) is 0 Å². The van der Waals surface area contributed by atoms with E-state index in [1.807, 2.05) is 24.4 Å². The molecule has 0 atom stereocenters. The lowest BCUT2D eigenvalue weighted by Crippen LogP contribution is -2.51. The van der Waals surface area contributed by atoms with E-state index < -0.39 is 11.4 Å². The number of rotatable bonds is 10. The fraction of sp³-hybridized carbons (Fsp3) is 0.444. The Kier molecular flexibility index (Phi) is 8.26. The lowest BCUT2D eigenvalue weighted by molar-refractivity contribution is -0.126. The normalized spacial score (nSPS) is 14.3.